The minimum absolute atomic E-state index is 0.644. The molecule has 0 aliphatic rings. The predicted molar refractivity (Wildman–Crippen MR) is 91.8 cm³/mol. The maximum Gasteiger partial charge on any atom is 0.416 e. The Hall–Kier alpha value is -1.86. The summed E-state index contributed by atoms with van der Waals surface area (Å²) in [5.74, 6) is 1.54. The molecule has 2 heterocycles. The monoisotopic (exact) mass is 366 g/mol. The van der Waals surface area contributed by atoms with Gasteiger partial charge in [0.15, 0.2) is 0 Å². The molecule has 0 fully saturated rings. The van der Waals surface area contributed by atoms with Crippen LogP contribution in [-0.4, -0.2) is 9.97 Å². The van der Waals surface area contributed by atoms with Crippen LogP contribution in [-0.2, 0) is 17.7 Å². The second-order valence-corrected chi connectivity index (χ2v) is 6.88. The van der Waals surface area contributed by atoms with Gasteiger partial charge in [0.25, 0.3) is 0 Å². The number of alkyl halides is 3. The summed E-state index contributed by atoms with van der Waals surface area (Å²) in [6, 6.07) is 10.9. The first-order valence-electron chi connectivity index (χ1n) is 7.12. The Labute approximate surface area is 145 Å². The molecule has 0 atom stereocenters. The first kappa shape index (κ1) is 17.0. The van der Waals surface area contributed by atoms with Gasteiger partial charge in [0, 0.05) is 28.6 Å². The second-order valence-electron chi connectivity index (χ2n) is 5.03. The van der Waals surface area contributed by atoms with E-state index in [1.165, 1.54) is 23.5 Å². The number of nitrogens with zero attached hydrogens (tertiary/aromatic N) is 2. The van der Waals surface area contributed by atoms with Crippen molar-refractivity contribution in [3.8, 4) is 10.6 Å². The molecule has 0 aliphatic heterocycles. The van der Waals surface area contributed by atoms with Gasteiger partial charge in [0.1, 0.15) is 5.01 Å². The van der Waals surface area contributed by atoms with Gasteiger partial charge < -0.3 is 0 Å². The Bertz CT molecular complexity index is 784. The molecule has 0 spiro atoms. The first-order valence-corrected chi connectivity index (χ1v) is 9.15. The maximum atomic E-state index is 12.6. The summed E-state index contributed by atoms with van der Waals surface area (Å²) in [7, 11) is 0. The van der Waals surface area contributed by atoms with Gasteiger partial charge in [-0.15, -0.1) is 23.1 Å². The van der Waals surface area contributed by atoms with E-state index in [4.69, 9.17) is 0 Å². The zero-order valence-corrected chi connectivity index (χ0v) is 14.1. The van der Waals surface area contributed by atoms with E-state index in [-0.39, 0.29) is 0 Å². The lowest BCUT2D eigenvalue weighted by Crippen LogP contribution is -2.03. The molecule has 1 aromatic carbocycles. The molecule has 2 aromatic heterocycles. The molecule has 3 rings (SSSR count). The topological polar surface area (TPSA) is 25.8 Å². The summed E-state index contributed by atoms with van der Waals surface area (Å²) in [5, 5.41) is 2.68. The largest absolute Gasteiger partial charge is 0.416 e. The van der Waals surface area contributed by atoms with Gasteiger partial charge in [-0.3, -0.25) is 4.98 Å². The zero-order chi connectivity index (χ0) is 17.0. The van der Waals surface area contributed by atoms with Crippen LogP contribution in [0.1, 0.15) is 17.0 Å². The van der Waals surface area contributed by atoms with Crippen LogP contribution in [0.25, 0.3) is 10.6 Å². The lowest BCUT2D eigenvalue weighted by molar-refractivity contribution is -0.137. The van der Waals surface area contributed by atoms with Crippen molar-refractivity contribution in [1.82, 2.24) is 9.97 Å². The summed E-state index contributed by atoms with van der Waals surface area (Å²) < 4.78 is 37.8. The number of aromatic nitrogens is 2. The van der Waals surface area contributed by atoms with E-state index in [0.29, 0.717) is 5.56 Å². The smallest absolute Gasteiger partial charge is 0.260 e. The minimum atomic E-state index is -4.31. The number of pyridine rings is 1. The normalized spacial score (nSPS) is 11.6. The third-order valence-corrected chi connectivity index (χ3v) is 5.18. The molecular formula is C17H13F3N2S2. The highest BCUT2D eigenvalue weighted by atomic mass is 32.2. The number of rotatable bonds is 5. The SMILES string of the molecule is FC(F)(F)c1ccc(-c2nc(CSCc3ccccn3)cs2)cc1. The van der Waals surface area contributed by atoms with E-state index in [1.54, 1.807) is 18.0 Å². The average Bonchev–Trinajstić information content (AvgIpc) is 3.04. The van der Waals surface area contributed by atoms with Crippen LogP contribution in [0.4, 0.5) is 13.2 Å². The molecule has 0 N–H and O–H groups in total. The molecule has 7 heteroatoms. The fourth-order valence-corrected chi connectivity index (χ4v) is 3.82. The van der Waals surface area contributed by atoms with Crippen LogP contribution in [0.3, 0.4) is 0 Å². The van der Waals surface area contributed by atoms with Crippen molar-refractivity contribution in [2.45, 2.75) is 17.7 Å². The average molecular weight is 366 g/mol. The molecule has 0 saturated heterocycles. The van der Waals surface area contributed by atoms with E-state index in [2.05, 4.69) is 9.97 Å². The zero-order valence-electron chi connectivity index (χ0n) is 12.5. The van der Waals surface area contributed by atoms with Gasteiger partial charge in [-0.25, -0.2) is 4.98 Å². The highest BCUT2D eigenvalue weighted by molar-refractivity contribution is 7.97. The van der Waals surface area contributed by atoms with Crippen LogP contribution in [0, 0.1) is 0 Å². The standard InChI is InChI=1S/C17H13F3N2S2/c18-17(19,20)13-6-4-12(5-7-13)16-22-15(11-24-16)10-23-9-14-3-1-2-8-21-14/h1-8,11H,9-10H2. The fourth-order valence-electron chi connectivity index (χ4n) is 2.05. The Morgan fingerprint density at radius 2 is 1.71 bits per heavy atom. The maximum absolute atomic E-state index is 12.6. The second kappa shape index (κ2) is 7.36. The van der Waals surface area contributed by atoms with Crippen molar-refractivity contribution >= 4 is 23.1 Å². The lowest BCUT2D eigenvalue weighted by Gasteiger charge is -2.06. The highest BCUT2D eigenvalue weighted by Gasteiger charge is 2.30. The summed E-state index contributed by atoms with van der Waals surface area (Å²) in [4.78, 5) is 8.76. The Morgan fingerprint density at radius 1 is 0.958 bits per heavy atom. The molecule has 0 bridgehead atoms. The Morgan fingerprint density at radius 3 is 2.38 bits per heavy atom. The highest BCUT2D eigenvalue weighted by Crippen LogP contribution is 2.32. The van der Waals surface area contributed by atoms with Crippen molar-refractivity contribution in [3.05, 3.63) is 71.0 Å². The van der Waals surface area contributed by atoms with E-state index in [0.717, 1.165) is 40.0 Å². The van der Waals surface area contributed by atoms with Crippen LogP contribution >= 0.6 is 23.1 Å². The van der Waals surface area contributed by atoms with Crippen molar-refractivity contribution in [1.29, 1.82) is 0 Å². The van der Waals surface area contributed by atoms with E-state index in [1.807, 2.05) is 23.6 Å². The van der Waals surface area contributed by atoms with Crippen LogP contribution in [0.5, 0.6) is 0 Å². The summed E-state index contributed by atoms with van der Waals surface area (Å²) in [5.41, 5.74) is 2.00. The van der Waals surface area contributed by atoms with Gasteiger partial charge in [0.05, 0.1) is 17.0 Å². The van der Waals surface area contributed by atoms with E-state index >= 15 is 0 Å². The number of hydrogen-bond donors (Lipinski definition) is 0. The van der Waals surface area contributed by atoms with Crippen molar-refractivity contribution in [2.24, 2.45) is 0 Å². The van der Waals surface area contributed by atoms with Crippen LogP contribution < -0.4 is 0 Å². The molecule has 124 valence electrons. The Kier molecular flexibility index (Phi) is 5.20. The molecule has 0 saturated carbocycles. The quantitative estimate of drug-likeness (QED) is 0.583. The number of thiazole rings is 1. The Balaban J connectivity index is 1.61. The third kappa shape index (κ3) is 4.36. The van der Waals surface area contributed by atoms with Crippen molar-refractivity contribution < 1.29 is 13.2 Å². The molecular weight excluding hydrogens is 353 g/mol. The van der Waals surface area contributed by atoms with Gasteiger partial charge >= 0.3 is 6.18 Å². The number of benzene rings is 1. The van der Waals surface area contributed by atoms with E-state index < -0.39 is 11.7 Å². The molecule has 0 radical (unpaired) electrons. The number of halogens is 3. The van der Waals surface area contributed by atoms with E-state index in [9.17, 15) is 13.2 Å². The molecule has 24 heavy (non-hydrogen) atoms. The van der Waals surface area contributed by atoms with Gasteiger partial charge in [0.2, 0.25) is 0 Å². The molecule has 0 aliphatic carbocycles. The first-order chi connectivity index (χ1) is 11.5. The predicted octanol–water partition coefficient (Wildman–Crippen LogP) is 5.66. The summed E-state index contributed by atoms with van der Waals surface area (Å²) in [6.07, 6.45) is -2.55. The minimum Gasteiger partial charge on any atom is -0.260 e. The summed E-state index contributed by atoms with van der Waals surface area (Å²) >= 11 is 3.15. The van der Waals surface area contributed by atoms with Crippen LogP contribution in [0.15, 0.2) is 54.0 Å². The number of thioether (sulfide) groups is 1. The van der Waals surface area contributed by atoms with Gasteiger partial charge in [-0.05, 0) is 24.3 Å². The van der Waals surface area contributed by atoms with Gasteiger partial charge in [-0.2, -0.15) is 13.2 Å². The van der Waals surface area contributed by atoms with Gasteiger partial charge in [-0.1, -0.05) is 18.2 Å². The molecule has 0 unspecified atom stereocenters. The van der Waals surface area contributed by atoms with Crippen molar-refractivity contribution in [2.75, 3.05) is 0 Å². The molecule has 3 aromatic rings. The lowest BCUT2D eigenvalue weighted by atomic mass is 10.1. The summed E-state index contributed by atoms with van der Waals surface area (Å²) in [6.45, 7) is 0. The number of hydrogen-bond acceptors (Lipinski definition) is 4. The third-order valence-electron chi connectivity index (χ3n) is 3.24. The molecule has 2 nitrogen and oxygen atoms in total. The van der Waals surface area contributed by atoms with Crippen molar-refractivity contribution in [3.63, 3.8) is 0 Å². The van der Waals surface area contributed by atoms with Crippen LogP contribution in [0.2, 0.25) is 0 Å². The fraction of sp³-hybridized carbons (Fsp3) is 0.176. The molecule has 0 amide bonds.